The number of likely N-dealkylation sites (tertiary alicyclic amines) is 1. The van der Waals surface area contributed by atoms with Crippen LogP contribution in [0.25, 0.3) is 0 Å². The molecule has 0 radical (unpaired) electrons. The summed E-state index contributed by atoms with van der Waals surface area (Å²) >= 11 is 0. The van der Waals surface area contributed by atoms with Gasteiger partial charge in [-0.25, -0.2) is 0 Å². The topological polar surface area (TPSA) is 37.4 Å². The van der Waals surface area contributed by atoms with Crippen molar-refractivity contribution in [2.24, 2.45) is 17.3 Å². The summed E-state index contributed by atoms with van der Waals surface area (Å²) in [5.74, 6) is 0.0203. The van der Waals surface area contributed by atoms with Crippen molar-refractivity contribution >= 4 is 11.8 Å². The number of carbonyl (C=O) groups is 2. The second kappa shape index (κ2) is 3.32. The van der Waals surface area contributed by atoms with Crippen LogP contribution >= 0.6 is 0 Å². The molecule has 2 rings (SSSR count). The average Bonchev–Trinajstić information content (AvgIpc) is 2.35. The van der Waals surface area contributed by atoms with Gasteiger partial charge in [-0.15, -0.1) is 0 Å². The molecule has 0 aromatic heterocycles. The van der Waals surface area contributed by atoms with Crippen LogP contribution < -0.4 is 0 Å². The number of carbonyl (C=O) groups excluding carboxylic acids is 2. The summed E-state index contributed by atoms with van der Waals surface area (Å²) in [5.41, 5.74) is 0.209. The lowest BCUT2D eigenvalue weighted by atomic mass is 9.79. The quantitative estimate of drug-likeness (QED) is 0.571. The third-order valence-electron chi connectivity index (χ3n) is 3.92. The molecule has 0 aromatic rings. The second-order valence-electron chi connectivity index (χ2n) is 5.71. The van der Waals surface area contributed by atoms with E-state index in [4.69, 9.17) is 0 Å². The molecule has 2 amide bonds. The molecule has 3 nitrogen and oxygen atoms in total. The zero-order chi connectivity index (χ0) is 11.2. The summed E-state index contributed by atoms with van der Waals surface area (Å²) in [6.07, 6.45) is 3.96. The van der Waals surface area contributed by atoms with Gasteiger partial charge >= 0.3 is 0 Å². The van der Waals surface area contributed by atoms with Crippen molar-refractivity contribution in [2.45, 2.75) is 39.5 Å². The summed E-state index contributed by atoms with van der Waals surface area (Å²) in [7, 11) is 1.62. The van der Waals surface area contributed by atoms with Gasteiger partial charge in [-0.1, -0.05) is 20.3 Å². The number of rotatable bonds is 0. The zero-order valence-electron chi connectivity index (χ0n) is 9.75. The highest BCUT2D eigenvalue weighted by atomic mass is 16.2. The molecule has 84 valence electrons. The van der Waals surface area contributed by atoms with Gasteiger partial charge in [-0.3, -0.25) is 14.5 Å². The van der Waals surface area contributed by atoms with E-state index in [0.717, 1.165) is 25.7 Å². The molecule has 0 aromatic carbocycles. The monoisotopic (exact) mass is 209 g/mol. The largest absolute Gasteiger partial charge is 0.285 e. The van der Waals surface area contributed by atoms with Crippen molar-refractivity contribution in [2.75, 3.05) is 7.05 Å². The van der Waals surface area contributed by atoms with Gasteiger partial charge in [0, 0.05) is 7.05 Å². The molecule has 0 spiro atoms. The zero-order valence-corrected chi connectivity index (χ0v) is 9.75. The van der Waals surface area contributed by atoms with E-state index >= 15 is 0 Å². The molecule has 2 atom stereocenters. The van der Waals surface area contributed by atoms with Crippen LogP contribution in [-0.2, 0) is 9.59 Å². The Morgan fingerprint density at radius 1 is 1.20 bits per heavy atom. The van der Waals surface area contributed by atoms with E-state index in [1.807, 2.05) is 0 Å². The molecule has 1 aliphatic carbocycles. The fourth-order valence-corrected chi connectivity index (χ4v) is 3.00. The van der Waals surface area contributed by atoms with Gasteiger partial charge in [-0.05, 0) is 24.7 Å². The van der Waals surface area contributed by atoms with Crippen molar-refractivity contribution in [1.82, 2.24) is 4.90 Å². The fourth-order valence-electron chi connectivity index (χ4n) is 3.00. The van der Waals surface area contributed by atoms with Gasteiger partial charge < -0.3 is 0 Å². The van der Waals surface area contributed by atoms with Crippen LogP contribution in [0.3, 0.4) is 0 Å². The smallest absolute Gasteiger partial charge is 0.232 e. The Hall–Kier alpha value is -0.860. The molecule has 1 saturated heterocycles. The second-order valence-corrected chi connectivity index (χ2v) is 5.71. The van der Waals surface area contributed by atoms with Crippen LogP contribution in [0.4, 0.5) is 0 Å². The average molecular weight is 209 g/mol. The minimum absolute atomic E-state index is 0.0238. The Balaban J connectivity index is 2.27. The SMILES string of the molecule is CN1C(=O)C2CCCC(C)(C)CC2C1=O. The van der Waals surface area contributed by atoms with E-state index in [1.165, 1.54) is 4.90 Å². The summed E-state index contributed by atoms with van der Waals surface area (Å²) in [6.45, 7) is 4.40. The maximum Gasteiger partial charge on any atom is 0.232 e. The van der Waals surface area contributed by atoms with E-state index in [9.17, 15) is 9.59 Å². The standard InChI is InChI=1S/C12H19NO2/c1-12(2)6-4-5-8-9(7-12)11(15)13(3)10(8)14/h8-9H,4-7H2,1-3H3. The lowest BCUT2D eigenvalue weighted by molar-refractivity contribution is -0.138. The van der Waals surface area contributed by atoms with Gasteiger partial charge in [0.1, 0.15) is 0 Å². The molecule has 1 aliphatic heterocycles. The van der Waals surface area contributed by atoms with Gasteiger partial charge in [0.25, 0.3) is 0 Å². The third kappa shape index (κ3) is 1.68. The first-order valence-electron chi connectivity index (χ1n) is 5.74. The van der Waals surface area contributed by atoms with Crippen LogP contribution in [0.2, 0.25) is 0 Å². The first-order chi connectivity index (χ1) is 6.92. The van der Waals surface area contributed by atoms with Crippen molar-refractivity contribution in [3.8, 4) is 0 Å². The number of fused-ring (bicyclic) bond motifs is 1. The summed E-state index contributed by atoms with van der Waals surface area (Å²) in [6, 6.07) is 0. The van der Waals surface area contributed by atoms with Gasteiger partial charge in [0.05, 0.1) is 11.8 Å². The fraction of sp³-hybridized carbons (Fsp3) is 0.833. The first kappa shape index (κ1) is 10.7. The third-order valence-corrected chi connectivity index (χ3v) is 3.92. The number of hydrogen-bond donors (Lipinski definition) is 0. The summed E-state index contributed by atoms with van der Waals surface area (Å²) in [4.78, 5) is 25.0. The van der Waals surface area contributed by atoms with Crippen molar-refractivity contribution in [3.05, 3.63) is 0 Å². The van der Waals surface area contributed by atoms with Crippen molar-refractivity contribution in [1.29, 1.82) is 0 Å². The van der Waals surface area contributed by atoms with Crippen LogP contribution in [0.1, 0.15) is 39.5 Å². The molecule has 3 heteroatoms. The molecule has 0 bridgehead atoms. The minimum atomic E-state index is -0.0417. The first-order valence-corrected chi connectivity index (χ1v) is 5.74. The molecule has 2 aliphatic rings. The molecule has 1 saturated carbocycles. The lowest BCUT2D eigenvalue weighted by Crippen LogP contribution is -2.27. The molecule has 15 heavy (non-hydrogen) atoms. The highest BCUT2D eigenvalue weighted by molar-refractivity contribution is 6.04. The van der Waals surface area contributed by atoms with E-state index in [2.05, 4.69) is 13.8 Å². The van der Waals surface area contributed by atoms with Gasteiger partial charge in [0.15, 0.2) is 0 Å². The lowest BCUT2D eigenvalue weighted by Gasteiger charge is -2.24. The molecule has 2 unspecified atom stereocenters. The molecule has 1 heterocycles. The Kier molecular flexibility index (Phi) is 2.36. The van der Waals surface area contributed by atoms with E-state index in [1.54, 1.807) is 7.05 Å². The van der Waals surface area contributed by atoms with Crippen molar-refractivity contribution < 1.29 is 9.59 Å². The number of nitrogens with zero attached hydrogens (tertiary/aromatic N) is 1. The summed E-state index contributed by atoms with van der Waals surface area (Å²) < 4.78 is 0. The Morgan fingerprint density at radius 3 is 2.47 bits per heavy atom. The minimum Gasteiger partial charge on any atom is -0.285 e. The van der Waals surface area contributed by atoms with Crippen LogP contribution in [-0.4, -0.2) is 23.8 Å². The van der Waals surface area contributed by atoms with E-state index in [0.29, 0.717) is 0 Å². The summed E-state index contributed by atoms with van der Waals surface area (Å²) in [5, 5.41) is 0. The Bertz CT molecular complexity index is 309. The highest BCUT2D eigenvalue weighted by Crippen LogP contribution is 2.43. The Morgan fingerprint density at radius 2 is 1.80 bits per heavy atom. The number of imide groups is 1. The molecular formula is C12H19NO2. The number of amides is 2. The normalized spacial score (nSPS) is 35.3. The van der Waals surface area contributed by atoms with E-state index < -0.39 is 0 Å². The molecule has 2 fully saturated rings. The predicted octanol–water partition coefficient (Wildman–Crippen LogP) is 1.82. The van der Waals surface area contributed by atoms with Crippen LogP contribution in [0.5, 0.6) is 0 Å². The predicted molar refractivity (Wildman–Crippen MR) is 57.0 cm³/mol. The number of hydrogen-bond acceptors (Lipinski definition) is 2. The maximum atomic E-state index is 11.9. The van der Waals surface area contributed by atoms with Crippen molar-refractivity contribution in [3.63, 3.8) is 0 Å². The van der Waals surface area contributed by atoms with Gasteiger partial charge in [-0.2, -0.15) is 0 Å². The van der Waals surface area contributed by atoms with Crippen LogP contribution in [0.15, 0.2) is 0 Å². The Labute approximate surface area is 90.8 Å². The maximum absolute atomic E-state index is 11.9. The van der Waals surface area contributed by atoms with E-state index in [-0.39, 0.29) is 29.1 Å². The van der Waals surface area contributed by atoms with Gasteiger partial charge in [0.2, 0.25) is 11.8 Å². The molecule has 0 N–H and O–H groups in total. The molecular weight excluding hydrogens is 190 g/mol. The van der Waals surface area contributed by atoms with Crippen LogP contribution in [0, 0.1) is 17.3 Å². The highest BCUT2D eigenvalue weighted by Gasteiger charge is 2.48.